The van der Waals surface area contributed by atoms with Gasteiger partial charge in [0.25, 0.3) is 5.91 Å². The number of nitrogens with two attached hydrogens (primary N) is 1. The number of carbonyl (C=O) groups is 1. The lowest BCUT2D eigenvalue weighted by Crippen LogP contribution is -2.24. The molecule has 1 aromatic heterocycles. The number of primary amides is 1. The third kappa shape index (κ3) is 2.51. The molecule has 0 radical (unpaired) electrons. The van der Waals surface area contributed by atoms with Gasteiger partial charge in [-0.3, -0.25) is 9.36 Å². The third-order valence-electron chi connectivity index (χ3n) is 2.51. The highest BCUT2D eigenvalue weighted by Gasteiger charge is 2.15. The van der Waals surface area contributed by atoms with E-state index in [9.17, 15) is 18.4 Å². The maximum atomic E-state index is 12.0. The summed E-state index contributed by atoms with van der Waals surface area (Å²) in [6.07, 6.45) is 0. The van der Waals surface area contributed by atoms with Gasteiger partial charge in [0.05, 0.1) is 5.69 Å². The molecule has 106 valence electrons. The van der Waals surface area contributed by atoms with Crippen LogP contribution in [0.2, 0.25) is 0 Å². The van der Waals surface area contributed by atoms with Crippen LogP contribution in [0.1, 0.15) is 10.6 Å². The highest BCUT2D eigenvalue weighted by Crippen LogP contribution is 2.16. The van der Waals surface area contributed by atoms with E-state index in [0.29, 0.717) is 5.69 Å². The molecule has 2 aromatic rings. The molecule has 2 N–H and O–H groups in total. The largest absolute Gasteiger partial charge is 0.435 e. The summed E-state index contributed by atoms with van der Waals surface area (Å²) in [5, 5.41) is 3.77. The molecular formula is C11H10F2N4O3. The van der Waals surface area contributed by atoms with Crippen molar-refractivity contribution in [1.82, 2.24) is 14.3 Å². The number of hydrogen-bond acceptors (Lipinski definition) is 4. The molecule has 0 bridgehead atoms. The van der Waals surface area contributed by atoms with Gasteiger partial charge in [0.15, 0.2) is 0 Å². The van der Waals surface area contributed by atoms with Crippen LogP contribution in [-0.2, 0) is 7.05 Å². The Kier molecular flexibility index (Phi) is 3.51. The molecule has 0 aliphatic heterocycles. The zero-order valence-electron chi connectivity index (χ0n) is 10.3. The van der Waals surface area contributed by atoms with Crippen molar-refractivity contribution in [3.63, 3.8) is 0 Å². The first kappa shape index (κ1) is 13.7. The number of hydrogen-bond donors (Lipinski definition) is 1. The fourth-order valence-electron chi connectivity index (χ4n) is 1.59. The van der Waals surface area contributed by atoms with E-state index in [1.165, 1.54) is 31.3 Å². The summed E-state index contributed by atoms with van der Waals surface area (Å²) in [6.45, 7) is -2.93. The van der Waals surface area contributed by atoms with Crippen molar-refractivity contribution in [1.29, 1.82) is 0 Å². The van der Waals surface area contributed by atoms with Crippen LogP contribution in [-0.4, -0.2) is 26.9 Å². The van der Waals surface area contributed by atoms with Crippen molar-refractivity contribution in [2.45, 2.75) is 6.61 Å². The van der Waals surface area contributed by atoms with Crippen molar-refractivity contribution in [3.8, 4) is 11.4 Å². The molecule has 0 spiro atoms. The van der Waals surface area contributed by atoms with E-state index in [2.05, 4.69) is 9.84 Å². The van der Waals surface area contributed by atoms with Gasteiger partial charge in [-0.15, -0.1) is 5.10 Å². The molecule has 0 saturated heterocycles. The fourth-order valence-corrected chi connectivity index (χ4v) is 1.59. The summed E-state index contributed by atoms with van der Waals surface area (Å²) in [7, 11) is 1.35. The molecule has 20 heavy (non-hydrogen) atoms. The normalized spacial score (nSPS) is 10.8. The first-order chi connectivity index (χ1) is 9.40. The second-order valence-corrected chi connectivity index (χ2v) is 3.81. The standard InChI is InChI=1S/C11H10F2N4O3/c1-16-9(8(14)18)15-17(11(16)19)6-2-4-7(5-3-6)20-10(12)13/h2-5,10H,1H3,(H2,14,18). The van der Waals surface area contributed by atoms with Crippen LogP contribution in [0.15, 0.2) is 29.1 Å². The minimum absolute atomic E-state index is 0.0529. The molecule has 0 saturated carbocycles. The Balaban J connectivity index is 2.40. The predicted octanol–water partition coefficient (Wildman–Crippen LogP) is 0.271. The number of aromatic nitrogens is 3. The average Bonchev–Trinajstić information content (AvgIpc) is 2.67. The number of amides is 1. The first-order valence-corrected chi connectivity index (χ1v) is 5.41. The van der Waals surface area contributed by atoms with Gasteiger partial charge in [-0.1, -0.05) is 0 Å². The van der Waals surface area contributed by atoms with Crippen LogP contribution >= 0.6 is 0 Å². The van der Waals surface area contributed by atoms with E-state index in [1.54, 1.807) is 0 Å². The Morgan fingerprint density at radius 1 is 1.35 bits per heavy atom. The molecule has 0 fully saturated rings. The molecule has 1 aromatic carbocycles. The number of ether oxygens (including phenoxy) is 1. The molecule has 0 unspecified atom stereocenters. The van der Waals surface area contributed by atoms with Crippen molar-refractivity contribution in [3.05, 3.63) is 40.6 Å². The lowest BCUT2D eigenvalue weighted by atomic mass is 10.3. The predicted molar refractivity (Wildman–Crippen MR) is 64.0 cm³/mol. The van der Waals surface area contributed by atoms with Crippen molar-refractivity contribution in [2.24, 2.45) is 12.8 Å². The summed E-state index contributed by atoms with van der Waals surface area (Å²) in [5.74, 6) is -1.10. The smallest absolute Gasteiger partial charge is 0.387 e. The lowest BCUT2D eigenvalue weighted by molar-refractivity contribution is -0.0498. The van der Waals surface area contributed by atoms with Gasteiger partial charge in [0, 0.05) is 7.05 Å². The van der Waals surface area contributed by atoms with Crippen molar-refractivity contribution >= 4 is 5.91 Å². The number of halogens is 2. The highest BCUT2D eigenvalue weighted by atomic mass is 19.3. The Hall–Kier alpha value is -2.71. The summed E-state index contributed by atoms with van der Waals surface area (Å²) >= 11 is 0. The van der Waals surface area contributed by atoms with Gasteiger partial charge < -0.3 is 10.5 Å². The van der Waals surface area contributed by atoms with E-state index < -0.39 is 18.2 Å². The van der Waals surface area contributed by atoms with Crippen LogP contribution in [0.4, 0.5) is 8.78 Å². The molecule has 9 heteroatoms. The Morgan fingerprint density at radius 2 is 1.95 bits per heavy atom. The lowest BCUT2D eigenvalue weighted by Gasteiger charge is -2.04. The molecule has 1 amide bonds. The first-order valence-electron chi connectivity index (χ1n) is 5.41. The minimum Gasteiger partial charge on any atom is -0.435 e. The van der Waals surface area contributed by atoms with E-state index in [1.807, 2.05) is 0 Å². The van der Waals surface area contributed by atoms with E-state index >= 15 is 0 Å². The zero-order chi connectivity index (χ0) is 14.9. The molecule has 1 heterocycles. The minimum atomic E-state index is -2.93. The number of benzene rings is 1. The SMILES string of the molecule is Cn1c(C(N)=O)nn(-c2ccc(OC(F)F)cc2)c1=O. The second-order valence-electron chi connectivity index (χ2n) is 3.81. The van der Waals surface area contributed by atoms with Gasteiger partial charge in [0.2, 0.25) is 5.82 Å². The summed E-state index contributed by atoms with van der Waals surface area (Å²) in [6, 6.07) is 5.23. The summed E-state index contributed by atoms with van der Waals surface area (Å²) in [5.41, 5.74) is 4.79. The quantitative estimate of drug-likeness (QED) is 0.872. The topological polar surface area (TPSA) is 92.1 Å². The number of rotatable bonds is 4. The van der Waals surface area contributed by atoms with Gasteiger partial charge in [-0.25, -0.2) is 4.79 Å². The van der Waals surface area contributed by atoms with Crippen LogP contribution in [0.3, 0.4) is 0 Å². The van der Waals surface area contributed by atoms with E-state index in [4.69, 9.17) is 5.73 Å². The molecule has 0 atom stereocenters. The van der Waals surface area contributed by atoms with Crippen LogP contribution in [0.25, 0.3) is 5.69 Å². The Morgan fingerprint density at radius 3 is 2.40 bits per heavy atom. The van der Waals surface area contributed by atoms with Gasteiger partial charge >= 0.3 is 12.3 Å². The number of nitrogens with zero attached hydrogens (tertiary/aromatic N) is 3. The maximum absolute atomic E-state index is 12.0. The average molecular weight is 284 g/mol. The molecule has 0 aliphatic carbocycles. The maximum Gasteiger partial charge on any atom is 0.387 e. The monoisotopic (exact) mass is 284 g/mol. The van der Waals surface area contributed by atoms with Gasteiger partial charge in [0.1, 0.15) is 5.75 Å². The summed E-state index contributed by atoms with van der Waals surface area (Å²) < 4.78 is 30.1. The highest BCUT2D eigenvalue weighted by molar-refractivity contribution is 5.88. The molecular weight excluding hydrogens is 274 g/mol. The van der Waals surface area contributed by atoms with Gasteiger partial charge in [-0.05, 0) is 24.3 Å². The van der Waals surface area contributed by atoms with Gasteiger partial charge in [-0.2, -0.15) is 13.5 Å². The molecule has 0 aliphatic rings. The Labute approximate surface area is 111 Å². The van der Waals surface area contributed by atoms with E-state index in [-0.39, 0.29) is 11.6 Å². The van der Waals surface area contributed by atoms with Crippen LogP contribution in [0, 0.1) is 0 Å². The van der Waals surface area contributed by atoms with Crippen molar-refractivity contribution < 1.29 is 18.3 Å². The van der Waals surface area contributed by atoms with Crippen LogP contribution < -0.4 is 16.2 Å². The number of alkyl halides is 2. The van der Waals surface area contributed by atoms with Crippen LogP contribution in [0.5, 0.6) is 5.75 Å². The third-order valence-corrected chi connectivity index (χ3v) is 2.51. The molecule has 7 nitrogen and oxygen atoms in total. The summed E-state index contributed by atoms with van der Waals surface area (Å²) in [4.78, 5) is 22.9. The molecule has 2 rings (SSSR count). The van der Waals surface area contributed by atoms with Crippen molar-refractivity contribution in [2.75, 3.05) is 0 Å². The number of carbonyl (C=O) groups excluding carboxylic acids is 1. The van der Waals surface area contributed by atoms with E-state index in [0.717, 1.165) is 9.25 Å². The second kappa shape index (κ2) is 5.11. The zero-order valence-corrected chi connectivity index (χ0v) is 10.3. The Bertz CT molecular complexity index is 691. The fraction of sp³-hybridized carbons (Fsp3) is 0.182.